The Labute approximate surface area is 158 Å². The van der Waals surface area contributed by atoms with Crippen molar-refractivity contribution in [3.05, 3.63) is 63.7 Å². The van der Waals surface area contributed by atoms with Crippen molar-refractivity contribution in [2.45, 2.75) is 26.1 Å². The highest BCUT2D eigenvalue weighted by Crippen LogP contribution is 2.36. The Balaban J connectivity index is 1.92. The van der Waals surface area contributed by atoms with Gasteiger partial charge in [0.25, 0.3) is 11.8 Å². The molecule has 0 bridgehead atoms. The summed E-state index contributed by atoms with van der Waals surface area (Å²) < 4.78 is 44.6. The third-order valence-electron chi connectivity index (χ3n) is 4.10. The van der Waals surface area contributed by atoms with E-state index in [9.17, 15) is 22.8 Å². The lowest BCUT2D eigenvalue weighted by atomic mass is 10.1. The third kappa shape index (κ3) is 3.64. The summed E-state index contributed by atoms with van der Waals surface area (Å²) >= 11 is 5.61. The number of hydrogen-bond acceptors (Lipinski definition) is 3. The van der Waals surface area contributed by atoms with E-state index in [0.29, 0.717) is 12.4 Å². The lowest BCUT2D eigenvalue weighted by Crippen LogP contribution is -2.29. The molecule has 142 valence electrons. The fraction of sp³-hybridized carbons (Fsp3) is 0.263. The van der Waals surface area contributed by atoms with Crippen molar-refractivity contribution in [1.82, 2.24) is 4.90 Å². The number of amides is 2. The zero-order valence-corrected chi connectivity index (χ0v) is 15.0. The number of hydrogen-bond donors (Lipinski definition) is 0. The minimum Gasteiger partial charge on any atom is -0.493 e. The van der Waals surface area contributed by atoms with Gasteiger partial charge in [-0.25, -0.2) is 0 Å². The molecule has 0 fully saturated rings. The molecular formula is C19H15ClF3NO3. The molecule has 0 unspecified atom stereocenters. The molecule has 3 rings (SSSR count). The third-order valence-corrected chi connectivity index (χ3v) is 4.43. The van der Waals surface area contributed by atoms with E-state index in [1.165, 1.54) is 12.1 Å². The molecule has 2 amide bonds. The number of rotatable bonds is 5. The summed E-state index contributed by atoms with van der Waals surface area (Å²) in [5, 5.41) is -0.441. The van der Waals surface area contributed by atoms with Crippen LogP contribution < -0.4 is 4.74 Å². The van der Waals surface area contributed by atoms with E-state index in [1.54, 1.807) is 12.1 Å². The van der Waals surface area contributed by atoms with E-state index in [0.717, 1.165) is 23.5 Å². The second-order valence-electron chi connectivity index (χ2n) is 6.04. The first-order valence-electron chi connectivity index (χ1n) is 8.21. The number of nitrogens with zero attached hydrogens (tertiary/aromatic N) is 1. The van der Waals surface area contributed by atoms with Gasteiger partial charge >= 0.3 is 6.18 Å². The minimum atomic E-state index is -4.63. The van der Waals surface area contributed by atoms with Crippen molar-refractivity contribution in [2.75, 3.05) is 6.61 Å². The molecule has 1 heterocycles. The van der Waals surface area contributed by atoms with Crippen LogP contribution in [0.15, 0.2) is 36.4 Å². The average molecular weight is 398 g/mol. The summed E-state index contributed by atoms with van der Waals surface area (Å²) in [6, 6.07) is 8.00. The van der Waals surface area contributed by atoms with Crippen LogP contribution in [0.4, 0.5) is 13.2 Å². The first-order valence-corrected chi connectivity index (χ1v) is 8.59. The average Bonchev–Trinajstić information content (AvgIpc) is 2.86. The first-order chi connectivity index (χ1) is 12.7. The Morgan fingerprint density at radius 3 is 2.52 bits per heavy atom. The van der Waals surface area contributed by atoms with Crippen molar-refractivity contribution >= 4 is 23.4 Å². The largest absolute Gasteiger partial charge is 0.493 e. The highest BCUT2D eigenvalue weighted by Gasteiger charge is 2.39. The number of carbonyl (C=O) groups is 2. The Morgan fingerprint density at radius 2 is 1.85 bits per heavy atom. The molecule has 0 N–H and O–H groups in total. The second-order valence-corrected chi connectivity index (χ2v) is 6.44. The van der Waals surface area contributed by atoms with E-state index >= 15 is 0 Å². The van der Waals surface area contributed by atoms with Crippen molar-refractivity contribution in [1.29, 1.82) is 0 Å². The van der Waals surface area contributed by atoms with Gasteiger partial charge in [0.2, 0.25) is 0 Å². The van der Waals surface area contributed by atoms with Crippen molar-refractivity contribution in [3.63, 3.8) is 0 Å². The summed E-state index contributed by atoms with van der Waals surface area (Å²) in [7, 11) is 0. The zero-order valence-electron chi connectivity index (χ0n) is 14.3. The lowest BCUT2D eigenvalue weighted by molar-refractivity contribution is -0.137. The van der Waals surface area contributed by atoms with Gasteiger partial charge in [-0.2, -0.15) is 13.2 Å². The van der Waals surface area contributed by atoms with E-state index < -0.39 is 28.6 Å². The molecule has 4 nitrogen and oxygen atoms in total. The lowest BCUT2D eigenvalue weighted by Gasteiger charge is -2.16. The maximum atomic E-state index is 13.0. The molecule has 27 heavy (non-hydrogen) atoms. The van der Waals surface area contributed by atoms with E-state index in [4.69, 9.17) is 16.3 Å². The fourth-order valence-corrected chi connectivity index (χ4v) is 3.07. The van der Waals surface area contributed by atoms with Crippen LogP contribution in [0.5, 0.6) is 5.75 Å². The summed E-state index contributed by atoms with van der Waals surface area (Å²) in [6.45, 7) is 1.99. The Morgan fingerprint density at radius 1 is 1.11 bits per heavy atom. The van der Waals surface area contributed by atoms with Crippen LogP contribution in [0.1, 0.15) is 45.2 Å². The number of benzene rings is 2. The van der Waals surface area contributed by atoms with Crippen LogP contribution in [0.25, 0.3) is 0 Å². The van der Waals surface area contributed by atoms with Gasteiger partial charge in [-0.05, 0) is 36.2 Å². The van der Waals surface area contributed by atoms with Crippen molar-refractivity contribution < 1.29 is 27.5 Å². The molecule has 0 spiro atoms. The molecule has 0 radical (unpaired) electrons. The summed E-state index contributed by atoms with van der Waals surface area (Å²) in [5.74, 6) is -0.868. The van der Waals surface area contributed by atoms with Gasteiger partial charge in [0.15, 0.2) is 0 Å². The van der Waals surface area contributed by atoms with Crippen LogP contribution in [0.3, 0.4) is 0 Å². The van der Waals surface area contributed by atoms with Crippen molar-refractivity contribution in [3.8, 4) is 5.75 Å². The number of alkyl halides is 3. The number of halogens is 4. The summed E-state index contributed by atoms with van der Waals surface area (Å²) in [4.78, 5) is 26.2. The van der Waals surface area contributed by atoms with Gasteiger partial charge in [-0.3, -0.25) is 14.5 Å². The first kappa shape index (κ1) is 19.2. The molecule has 1 aliphatic rings. The van der Waals surface area contributed by atoms with Crippen LogP contribution in [0.2, 0.25) is 5.02 Å². The normalized spacial score (nSPS) is 13.9. The smallest absolute Gasteiger partial charge is 0.417 e. The predicted molar refractivity (Wildman–Crippen MR) is 92.9 cm³/mol. The molecule has 2 aromatic carbocycles. The fourth-order valence-electron chi connectivity index (χ4n) is 2.85. The van der Waals surface area contributed by atoms with Gasteiger partial charge < -0.3 is 4.74 Å². The highest BCUT2D eigenvalue weighted by atomic mass is 35.5. The summed E-state index contributed by atoms with van der Waals surface area (Å²) in [5.41, 5.74) is -0.540. The van der Waals surface area contributed by atoms with E-state index in [2.05, 4.69) is 0 Å². The molecule has 1 aliphatic heterocycles. The molecular weight excluding hydrogens is 383 g/mol. The van der Waals surface area contributed by atoms with Crippen LogP contribution in [-0.4, -0.2) is 23.3 Å². The molecule has 0 aliphatic carbocycles. The number of fused-ring (bicyclic) bond motifs is 1. The molecule has 0 saturated heterocycles. The van der Waals surface area contributed by atoms with Crippen LogP contribution in [-0.2, 0) is 12.7 Å². The summed E-state index contributed by atoms with van der Waals surface area (Å²) in [6.07, 6.45) is -3.91. The van der Waals surface area contributed by atoms with E-state index in [1.807, 2.05) is 6.92 Å². The van der Waals surface area contributed by atoms with E-state index in [-0.39, 0.29) is 23.2 Å². The zero-order chi connectivity index (χ0) is 19.8. The van der Waals surface area contributed by atoms with Gasteiger partial charge in [-0.15, -0.1) is 0 Å². The molecule has 0 atom stereocenters. The van der Waals surface area contributed by atoms with Gasteiger partial charge in [0, 0.05) is 0 Å². The topological polar surface area (TPSA) is 46.6 Å². The second kappa shape index (κ2) is 7.23. The van der Waals surface area contributed by atoms with Crippen LogP contribution >= 0.6 is 11.6 Å². The predicted octanol–water partition coefficient (Wildman–Crippen LogP) is 4.94. The number of ether oxygens (including phenoxy) is 1. The molecule has 2 aromatic rings. The number of imide groups is 1. The standard InChI is InChI=1S/C19H15ClF3NO3/c1-2-8-27-15-5-3-4-12-16(15)18(26)24(17(12)25)10-11-6-7-14(20)13(9-11)19(21,22)23/h3-7,9H,2,8,10H2,1H3. The quantitative estimate of drug-likeness (QED) is 0.671. The Bertz CT molecular complexity index is 912. The van der Waals surface area contributed by atoms with Crippen molar-refractivity contribution in [2.24, 2.45) is 0 Å². The monoisotopic (exact) mass is 397 g/mol. The van der Waals surface area contributed by atoms with Gasteiger partial charge in [-0.1, -0.05) is 30.7 Å². The van der Waals surface area contributed by atoms with Crippen LogP contribution in [0, 0.1) is 0 Å². The minimum absolute atomic E-state index is 0.140. The van der Waals surface area contributed by atoms with Gasteiger partial charge in [0.1, 0.15) is 5.75 Å². The van der Waals surface area contributed by atoms with Gasteiger partial charge in [0.05, 0.1) is 34.9 Å². The molecule has 8 heteroatoms. The number of carbonyl (C=O) groups excluding carboxylic acids is 2. The Kier molecular flexibility index (Phi) is 5.15. The molecule has 0 aromatic heterocycles. The maximum Gasteiger partial charge on any atom is 0.417 e. The highest BCUT2D eigenvalue weighted by molar-refractivity contribution is 6.31. The Hall–Kier alpha value is -2.54. The SMILES string of the molecule is CCCOc1cccc2c1C(=O)N(Cc1ccc(Cl)c(C(F)(F)F)c1)C2=O. The molecule has 0 saturated carbocycles. The maximum absolute atomic E-state index is 13.0.